The molecule has 39 heavy (non-hydrogen) atoms. The number of amides is 2. The van der Waals surface area contributed by atoms with Gasteiger partial charge < -0.3 is 26.2 Å². The van der Waals surface area contributed by atoms with Gasteiger partial charge in [0.1, 0.15) is 0 Å². The molecular weight excluding hydrogens is 514 g/mol. The minimum absolute atomic E-state index is 0.300. The van der Waals surface area contributed by atoms with Crippen molar-refractivity contribution in [2.45, 2.75) is 0 Å². The highest BCUT2D eigenvalue weighted by Gasteiger charge is 2.18. The lowest BCUT2D eigenvalue weighted by molar-refractivity contribution is -0.111. The van der Waals surface area contributed by atoms with Crippen LogP contribution in [0.4, 0.5) is 23.0 Å². The summed E-state index contributed by atoms with van der Waals surface area (Å²) < 4.78 is 0. The summed E-state index contributed by atoms with van der Waals surface area (Å²) in [6.07, 6.45) is 2.86. The van der Waals surface area contributed by atoms with E-state index in [0.717, 1.165) is 37.3 Å². The number of halogens is 1. The molecule has 0 spiro atoms. The van der Waals surface area contributed by atoms with Gasteiger partial charge in [-0.25, -0.2) is 9.97 Å². The van der Waals surface area contributed by atoms with Crippen molar-refractivity contribution in [2.24, 2.45) is 5.73 Å². The first-order valence-corrected chi connectivity index (χ1v) is 12.8. The number of nitrogens with one attached hydrogen (secondary N) is 2. The summed E-state index contributed by atoms with van der Waals surface area (Å²) in [5.74, 6) is -0.622. The summed E-state index contributed by atoms with van der Waals surface area (Å²) in [5, 5.41) is 7.22. The van der Waals surface area contributed by atoms with Gasteiger partial charge in [0.15, 0.2) is 0 Å². The van der Waals surface area contributed by atoms with E-state index in [-0.39, 0.29) is 5.91 Å². The Labute approximate surface area is 231 Å². The topological polar surface area (TPSA) is 116 Å². The van der Waals surface area contributed by atoms with E-state index in [4.69, 9.17) is 22.3 Å². The lowest BCUT2D eigenvalue weighted by atomic mass is 9.96. The van der Waals surface area contributed by atoms with Gasteiger partial charge in [-0.1, -0.05) is 36.4 Å². The number of nitrogens with two attached hydrogens (primary N) is 1. The molecule has 9 nitrogen and oxygen atoms in total. The standard InChI is InChI=1S/C29H28ClN7O2/c1-3-25(38)33-20-6-4-5-18(15-20)26-22(28(31)39)9-7-19-17-32-29(35-27(19)26)34-24-10-8-21(16-23(24)30)37-13-11-36(2)12-14-37/h3-10,15-17H,1,11-14H2,2H3,(H2,31,39)(H,33,38)(H,32,34,35). The third-order valence-electron chi connectivity index (χ3n) is 6.69. The predicted molar refractivity (Wildman–Crippen MR) is 157 cm³/mol. The molecule has 1 saturated heterocycles. The number of fused-ring (bicyclic) bond motifs is 1. The lowest BCUT2D eigenvalue weighted by Crippen LogP contribution is -2.44. The van der Waals surface area contributed by atoms with E-state index in [9.17, 15) is 9.59 Å². The monoisotopic (exact) mass is 541 g/mol. The molecule has 2 heterocycles. The van der Waals surface area contributed by atoms with Crippen molar-refractivity contribution in [2.75, 3.05) is 48.8 Å². The fourth-order valence-electron chi connectivity index (χ4n) is 4.59. The van der Waals surface area contributed by atoms with Gasteiger partial charge in [0.05, 0.1) is 16.2 Å². The SMILES string of the molecule is C=CC(=O)Nc1cccc(-c2c(C(N)=O)ccc3cnc(Nc4ccc(N5CCN(C)CC5)cc4Cl)nc23)c1. The fraction of sp³-hybridized carbons (Fsp3) is 0.172. The third-order valence-corrected chi connectivity index (χ3v) is 7.00. The Bertz CT molecular complexity index is 1580. The van der Waals surface area contributed by atoms with Crippen LogP contribution in [0, 0.1) is 0 Å². The predicted octanol–water partition coefficient (Wildman–Crippen LogP) is 4.67. The van der Waals surface area contributed by atoms with Crippen LogP contribution in [0.3, 0.4) is 0 Å². The van der Waals surface area contributed by atoms with E-state index in [1.54, 1.807) is 36.5 Å². The van der Waals surface area contributed by atoms with Gasteiger partial charge in [0.2, 0.25) is 17.8 Å². The Morgan fingerprint density at radius 3 is 2.59 bits per heavy atom. The summed E-state index contributed by atoms with van der Waals surface area (Å²) in [5.41, 5.74) is 10.0. The van der Waals surface area contributed by atoms with Crippen molar-refractivity contribution in [3.63, 3.8) is 0 Å². The van der Waals surface area contributed by atoms with Gasteiger partial charge in [-0.15, -0.1) is 0 Å². The molecule has 10 heteroatoms. The summed E-state index contributed by atoms with van der Waals surface area (Å²) in [7, 11) is 2.12. The zero-order chi connectivity index (χ0) is 27.5. The third kappa shape index (κ3) is 5.69. The van der Waals surface area contributed by atoms with Gasteiger partial charge in [-0.2, -0.15) is 0 Å². The number of carbonyl (C=O) groups excluding carboxylic acids is 2. The first kappa shape index (κ1) is 26.1. The molecule has 2 amide bonds. The number of piperazine rings is 1. The Balaban J connectivity index is 1.51. The van der Waals surface area contributed by atoms with Crippen molar-refractivity contribution < 1.29 is 9.59 Å². The van der Waals surface area contributed by atoms with Crippen LogP contribution in [-0.4, -0.2) is 59.9 Å². The Morgan fingerprint density at radius 1 is 1.08 bits per heavy atom. The van der Waals surface area contributed by atoms with Gasteiger partial charge in [-0.3, -0.25) is 9.59 Å². The number of hydrogen-bond donors (Lipinski definition) is 3. The number of nitrogens with zero attached hydrogens (tertiary/aromatic N) is 4. The van der Waals surface area contributed by atoms with Gasteiger partial charge in [0.25, 0.3) is 0 Å². The van der Waals surface area contributed by atoms with Gasteiger partial charge in [0, 0.05) is 60.3 Å². The molecule has 1 fully saturated rings. The number of likely N-dealkylation sites (N-methyl/N-ethyl adjacent to an activating group) is 1. The van der Waals surface area contributed by atoms with E-state index < -0.39 is 5.91 Å². The largest absolute Gasteiger partial charge is 0.369 e. The number of hydrogen-bond acceptors (Lipinski definition) is 7. The molecule has 4 N–H and O–H groups in total. The highest BCUT2D eigenvalue weighted by Crippen LogP contribution is 2.34. The fourth-order valence-corrected chi connectivity index (χ4v) is 4.81. The lowest BCUT2D eigenvalue weighted by Gasteiger charge is -2.34. The number of primary amides is 1. The second-order valence-electron chi connectivity index (χ2n) is 9.34. The first-order valence-electron chi connectivity index (χ1n) is 12.5. The van der Waals surface area contributed by atoms with Gasteiger partial charge >= 0.3 is 0 Å². The molecule has 0 unspecified atom stereocenters. The molecule has 0 atom stereocenters. The number of aromatic nitrogens is 2. The Kier molecular flexibility index (Phi) is 7.44. The van der Waals surface area contributed by atoms with Crippen LogP contribution in [0.25, 0.3) is 22.0 Å². The molecule has 0 aliphatic carbocycles. The minimum atomic E-state index is -0.594. The van der Waals surface area contributed by atoms with Crippen molar-refractivity contribution >= 4 is 57.3 Å². The van der Waals surface area contributed by atoms with Crippen LogP contribution in [0.1, 0.15) is 10.4 Å². The van der Waals surface area contributed by atoms with Crippen LogP contribution in [0.2, 0.25) is 5.02 Å². The zero-order valence-electron chi connectivity index (χ0n) is 21.4. The van der Waals surface area contributed by atoms with E-state index in [0.29, 0.717) is 44.6 Å². The van der Waals surface area contributed by atoms with Crippen molar-refractivity contribution in [3.05, 3.63) is 84.0 Å². The summed E-state index contributed by atoms with van der Waals surface area (Å²) in [4.78, 5) is 38.1. The minimum Gasteiger partial charge on any atom is -0.369 e. The molecule has 0 radical (unpaired) electrons. The van der Waals surface area contributed by atoms with Gasteiger partial charge in [-0.05, 0) is 55.1 Å². The van der Waals surface area contributed by atoms with E-state index in [1.165, 1.54) is 6.08 Å². The molecule has 1 aliphatic rings. The summed E-state index contributed by atoms with van der Waals surface area (Å²) in [6.45, 7) is 7.37. The van der Waals surface area contributed by atoms with E-state index in [2.05, 4.69) is 39.0 Å². The summed E-state index contributed by atoms with van der Waals surface area (Å²) >= 11 is 6.65. The van der Waals surface area contributed by atoms with Crippen LogP contribution >= 0.6 is 11.6 Å². The molecule has 1 aromatic heterocycles. The van der Waals surface area contributed by atoms with E-state index in [1.807, 2.05) is 24.3 Å². The normalized spacial score (nSPS) is 13.7. The molecule has 0 saturated carbocycles. The van der Waals surface area contributed by atoms with Crippen LogP contribution in [0.15, 0.2) is 73.4 Å². The molecule has 198 valence electrons. The molecular formula is C29H28ClN7O2. The second-order valence-corrected chi connectivity index (χ2v) is 9.74. The molecule has 5 rings (SSSR count). The highest BCUT2D eigenvalue weighted by atomic mass is 35.5. The number of benzene rings is 3. The average Bonchev–Trinajstić information content (AvgIpc) is 2.94. The second kappa shape index (κ2) is 11.1. The maximum absolute atomic E-state index is 12.4. The first-order chi connectivity index (χ1) is 18.8. The Morgan fingerprint density at radius 2 is 1.87 bits per heavy atom. The van der Waals surface area contributed by atoms with Crippen molar-refractivity contribution in [1.82, 2.24) is 14.9 Å². The average molecular weight is 542 g/mol. The van der Waals surface area contributed by atoms with Crippen LogP contribution in [0.5, 0.6) is 0 Å². The quantitative estimate of drug-likeness (QED) is 0.291. The number of carbonyl (C=O) groups is 2. The number of rotatable bonds is 7. The number of anilines is 4. The maximum atomic E-state index is 12.4. The summed E-state index contributed by atoms with van der Waals surface area (Å²) in [6, 6.07) is 16.4. The zero-order valence-corrected chi connectivity index (χ0v) is 22.2. The van der Waals surface area contributed by atoms with Crippen molar-refractivity contribution in [1.29, 1.82) is 0 Å². The molecule has 0 bridgehead atoms. The highest BCUT2D eigenvalue weighted by molar-refractivity contribution is 6.33. The Hall–Kier alpha value is -4.47. The smallest absolute Gasteiger partial charge is 0.249 e. The molecule has 3 aromatic carbocycles. The molecule has 1 aliphatic heterocycles. The maximum Gasteiger partial charge on any atom is 0.249 e. The van der Waals surface area contributed by atoms with Crippen LogP contribution in [-0.2, 0) is 4.79 Å². The van der Waals surface area contributed by atoms with Crippen LogP contribution < -0.4 is 21.3 Å². The molecule has 4 aromatic rings. The van der Waals surface area contributed by atoms with E-state index >= 15 is 0 Å². The van der Waals surface area contributed by atoms with Crippen molar-refractivity contribution in [3.8, 4) is 11.1 Å².